The van der Waals surface area contributed by atoms with E-state index in [-0.39, 0.29) is 12.2 Å². The molecule has 0 atom stereocenters. The smallest absolute Gasteiger partial charge is 0.341 e. The highest BCUT2D eigenvalue weighted by Gasteiger charge is 2.29. The van der Waals surface area contributed by atoms with Gasteiger partial charge in [-0.05, 0) is 19.1 Å². The van der Waals surface area contributed by atoms with Crippen LogP contribution in [-0.4, -0.2) is 24.3 Å². The Balaban J connectivity index is 2.34. The first-order valence-electron chi connectivity index (χ1n) is 6.17. The summed E-state index contributed by atoms with van der Waals surface area (Å²) >= 11 is 0. The van der Waals surface area contributed by atoms with Gasteiger partial charge in [0.25, 0.3) is 5.69 Å². The lowest BCUT2D eigenvalue weighted by Gasteiger charge is -2.08. The highest BCUT2D eigenvalue weighted by molar-refractivity contribution is 7.91. The molecule has 0 radical (unpaired) electrons. The van der Waals surface area contributed by atoms with Crippen LogP contribution in [0.4, 0.5) is 20.2 Å². The van der Waals surface area contributed by atoms with E-state index in [1.807, 2.05) is 0 Å². The largest absolute Gasteiger partial charge is 0.374 e. The number of aryl methyl sites for hydroxylation is 1. The molecule has 1 aromatic heterocycles. The van der Waals surface area contributed by atoms with E-state index in [1.165, 1.54) is 6.26 Å². The zero-order valence-corrected chi connectivity index (χ0v) is 12.5. The minimum atomic E-state index is -4.91. The van der Waals surface area contributed by atoms with E-state index >= 15 is 0 Å². The second kappa shape index (κ2) is 6.28. The van der Waals surface area contributed by atoms with Gasteiger partial charge in [-0.25, -0.2) is 8.42 Å². The van der Waals surface area contributed by atoms with Crippen molar-refractivity contribution in [1.29, 1.82) is 0 Å². The fraction of sp³-hybridized carbons (Fsp3) is 0.250. The number of hydrogen-bond acceptors (Lipinski definition) is 7. The Kier molecular flexibility index (Phi) is 4.59. The van der Waals surface area contributed by atoms with Gasteiger partial charge in [0.15, 0.2) is 0 Å². The molecule has 0 bridgehead atoms. The van der Waals surface area contributed by atoms with Crippen LogP contribution < -0.4 is 5.32 Å². The van der Waals surface area contributed by atoms with Crippen LogP contribution in [0.25, 0.3) is 0 Å². The molecule has 0 aliphatic heterocycles. The van der Waals surface area contributed by atoms with Gasteiger partial charge in [-0.3, -0.25) is 10.1 Å². The predicted octanol–water partition coefficient (Wildman–Crippen LogP) is 2.50. The molecule has 0 saturated heterocycles. The Bertz CT molecular complexity index is 835. The Morgan fingerprint density at radius 2 is 2.13 bits per heavy atom. The Morgan fingerprint density at radius 1 is 1.43 bits per heavy atom. The van der Waals surface area contributed by atoms with Crippen LogP contribution in [0.3, 0.4) is 0 Å². The molecule has 0 saturated carbocycles. The summed E-state index contributed by atoms with van der Waals surface area (Å²) in [5.74, 6) is -3.65. The quantitative estimate of drug-likeness (QED) is 0.630. The number of rotatable bonds is 6. The molecule has 0 aliphatic carbocycles. The average molecular weight is 347 g/mol. The molecule has 0 spiro atoms. The number of nitro benzene ring substituents is 1. The van der Waals surface area contributed by atoms with Gasteiger partial charge in [-0.15, -0.1) is 0 Å². The summed E-state index contributed by atoms with van der Waals surface area (Å²) < 4.78 is 52.5. The third kappa shape index (κ3) is 3.44. The Hall–Kier alpha value is -2.56. The van der Waals surface area contributed by atoms with E-state index in [9.17, 15) is 27.3 Å². The summed E-state index contributed by atoms with van der Waals surface area (Å²) in [7, 11) is -4.91. The number of sulfone groups is 1. The SMILES string of the molecule is Cc1conc1CNc1ccc(S(=O)(=O)C(F)F)cc1[N+](=O)[O-]. The van der Waals surface area contributed by atoms with E-state index in [0.29, 0.717) is 11.8 Å². The number of nitro groups is 1. The molecule has 1 heterocycles. The molecule has 2 rings (SSSR count). The van der Waals surface area contributed by atoms with E-state index in [0.717, 1.165) is 17.7 Å². The van der Waals surface area contributed by atoms with E-state index in [2.05, 4.69) is 10.5 Å². The normalized spacial score (nSPS) is 11.7. The minimum Gasteiger partial charge on any atom is -0.374 e. The van der Waals surface area contributed by atoms with Gasteiger partial charge in [0.1, 0.15) is 17.6 Å². The lowest BCUT2D eigenvalue weighted by atomic mass is 10.2. The van der Waals surface area contributed by atoms with Crippen LogP contribution in [0.15, 0.2) is 33.9 Å². The van der Waals surface area contributed by atoms with Crippen molar-refractivity contribution in [2.75, 3.05) is 5.32 Å². The van der Waals surface area contributed by atoms with Crippen molar-refractivity contribution in [3.8, 4) is 0 Å². The van der Waals surface area contributed by atoms with Gasteiger partial charge in [0.05, 0.1) is 16.4 Å². The molecule has 0 fully saturated rings. The van der Waals surface area contributed by atoms with E-state index in [1.54, 1.807) is 6.92 Å². The molecule has 23 heavy (non-hydrogen) atoms. The van der Waals surface area contributed by atoms with Gasteiger partial charge in [-0.2, -0.15) is 8.78 Å². The number of alkyl halides is 2. The topological polar surface area (TPSA) is 115 Å². The molecule has 124 valence electrons. The van der Waals surface area contributed by atoms with Gasteiger partial charge in [-0.1, -0.05) is 5.16 Å². The summed E-state index contributed by atoms with van der Waals surface area (Å²) in [6.45, 7) is 1.81. The maximum absolute atomic E-state index is 12.5. The third-order valence-corrected chi connectivity index (χ3v) is 4.40. The predicted molar refractivity (Wildman–Crippen MR) is 74.9 cm³/mol. The number of nitrogens with zero attached hydrogens (tertiary/aromatic N) is 2. The molecule has 11 heteroatoms. The molecule has 0 unspecified atom stereocenters. The monoisotopic (exact) mass is 347 g/mol. The second-order valence-corrected chi connectivity index (χ2v) is 6.46. The molecule has 0 aliphatic rings. The number of hydrogen-bond donors (Lipinski definition) is 1. The molecule has 8 nitrogen and oxygen atoms in total. The van der Waals surface area contributed by atoms with Crippen molar-refractivity contribution in [3.63, 3.8) is 0 Å². The van der Waals surface area contributed by atoms with Crippen LogP contribution in [0, 0.1) is 17.0 Å². The van der Waals surface area contributed by atoms with Crippen LogP contribution in [0.2, 0.25) is 0 Å². The first-order valence-corrected chi connectivity index (χ1v) is 7.72. The highest BCUT2D eigenvalue weighted by Crippen LogP contribution is 2.30. The summed E-state index contributed by atoms with van der Waals surface area (Å²) in [6, 6.07) is 2.54. The standard InChI is InChI=1S/C12H11F2N3O5S/c1-7-6-22-16-10(7)5-15-9-3-2-8(4-11(9)17(18)19)23(20,21)12(13)14/h2-4,6,12,15H,5H2,1H3. The summed E-state index contributed by atoms with van der Waals surface area (Å²) in [4.78, 5) is 9.37. The number of anilines is 1. The minimum absolute atomic E-state index is 0.0226. The number of nitrogens with one attached hydrogen (secondary N) is 1. The van der Waals surface area contributed by atoms with Crippen molar-refractivity contribution >= 4 is 21.2 Å². The number of aromatic nitrogens is 1. The summed E-state index contributed by atoms with van der Waals surface area (Å²) in [5.41, 5.74) is 0.569. The van der Waals surface area contributed by atoms with Gasteiger partial charge >= 0.3 is 5.76 Å². The van der Waals surface area contributed by atoms with Gasteiger partial charge in [0, 0.05) is 11.6 Å². The number of benzene rings is 1. The zero-order valence-electron chi connectivity index (χ0n) is 11.7. The fourth-order valence-electron chi connectivity index (χ4n) is 1.75. The Morgan fingerprint density at radius 3 is 2.65 bits per heavy atom. The molecular weight excluding hydrogens is 336 g/mol. The fourth-order valence-corrected chi connectivity index (χ4v) is 2.49. The van der Waals surface area contributed by atoms with Gasteiger partial charge in [0.2, 0.25) is 9.84 Å². The van der Waals surface area contributed by atoms with Crippen molar-refractivity contribution in [2.24, 2.45) is 0 Å². The third-order valence-electron chi connectivity index (χ3n) is 3.02. The van der Waals surface area contributed by atoms with Crippen LogP contribution in [0.1, 0.15) is 11.3 Å². The zero-order chi connectivity index (χ0) is 17.2. The van der Waals surface area contributed by atoms with E-state index in [4.69, 9.17) is 4.52 Å². The maximum atomic E-state index is 12.5. The van der Waals surface area contributed by atoms with Crippen molar-refractivity contribution in [1.82, 2.24) is 5.16 Å². The molecular formula is C12H11F2N3O5S. The molecule has 1 aromatic carbocycles. The van der Waals surface area contributed by atoms with Gasteiger partial charge < -0.3 is 9.84 Å². The summed E-state index contributed by atoms with van der Waals surface area (Å²) in [6.07, 6.45) is 1.39. The van der Waals surface area contributed by atoms with E-state index < -0.39 is 31.1 Å². The lowest BCUT2D eigenvalue weighted by molar-refractivity contribution is -0.384. The molecule has 0 amide bonds. The van der Waals surface area contributed by atoms with Crippen LogP contribution in [0.5, 0.6) is 0 Å². The maximum Gasteiger partial charge on any atom is 0.341 e. The number of halogens is 2. The lowest BCUT2D eigenvalue weighted by Crippen LogP contribution is -2.12. The van der Waals surface area contributed by atoms with Crippen molar-refractivity contribution < 1.29 is 26.6 Å². The average Bonchev–Trinajstić information content (AvgIpc) is 2.89. The van der Waals surface area contributed by atoms with Crippen molar-refractivity contribution in [3.05, 3.63) is 45.8 Å². The first-order chi connectivity index (χ1) is 10.7. The second-order valence-electron chi connectivity index (χ2n) is 4.54. The molecule has 2 aromatic rings. The Labute approximate surface area is 129 Å². The van der Waals surface area contributed by atoms with Crippen molar-refractivity contribution in [2.45, 2.75) is 24.1 Å². The highest BCUT2D eigenvalue weighted by atomic mass is 32.2. The summed E-state index contributed by atoms with van der Waals surface area (Å²) in [5, 5.41) is 17.4. The van der Waals surface area contributed by atoms with Crippen LogP contribution in [-0.2, 0) is 16.4 Å². The van der Waals surface area contributed by atoms with Crippen LogP contribution >= 0.6 is 0 Å². The first kappa shape index (κ1) is 16.8. The molecule has 1 N–H and O–H groups in total.